The molecule has 0 amide bonds. The monoisotopic (exact) mass is 296 g/mol. The second-order valence-corrected chi connectivity index (χ2v) is 4.22. The van der Waals surface area contributed by atoms with Crippen LogP contribution in [-0.4, -0.2) is 32.8 Å². The molecule has 116 valence electrons. The van der Waals surface area contributed by atoms with Crippen molar-refractivity contribution in [2.75, 3.05) is 20.8 Å². The summed E-state index contributed by atoms with van der Waals surface area (Å²) in [7, 11) is 3.03. The number of carbonyl (C=O) groups is 2. The smallest absolute Gasteiger partial charge is 0.309 e. The van der Waals surface area contributed by atoms with Gasteiger partial charge in [-0.05, 0) is 19.1 Å². The van der Waals surface area contributed by atoms with Crippen LogP contribution in [-0.2, 0) is 19.1 Å². The van der Waals surface area contributed by atoms with Gasteiger partial charge in [-0.3, -0.25) is 9.59 Å². The molecular weight excluding hydrogens is 276 g/mol. The molecular formula is C15H20O6. The Balaban J connectivity index is 3.06. The first kappa shape index (κ1) is 16.8. The van der Waals surface area contributed by atoms with Crippen molar-refractivity contribution in [3.8, 4) is 11.5 Å². The van der Waals surface area contributed by atoms with Crippen LogP contribution in [0.5, 0.6) is 11.5 Å². The maximum Gasteiger partial charge on any atom is 0.309 e. The first-order chi connectivity index (χ1) is 10.0. The Hall–Kier alpha value is -2.24. The Kier molecular flexibility index (Phi) is 6.52. The predicted octanol–water partition coefficient (Wildman–Crippen LogP) is 2.26. The predicted molar refractivity (Wildman–Crippen MR) is 75.3 cm³/mol. The van der Waals surface area contributed by atoms with Gasteiger partial charge < -0.3 is 18.9 Å². The van der Waals surface area contributed by atoms with E-state index in [9.17, 15) is 9.59 Å². The summed E-state index contributed by atoms with van der Waals surface area (Å²) in [6.45, 7) is 3.27. The van der Waals surface area contributed by atoms with Gasteiger partial charge in [0.05, 0.1) is 27.2 Å². The molecule has 1 aromatic carbocycles. The molecule has 0 saturated heterocycles. The van der Waals surface area contributed by atoms with E-state index in [0.29, 0.717) is 17.1 Å². The first-order valence-electron chi connectivity index (χ1n) is 6.56. The lowest BCUT2D eigenvalue weighted by atomic mass is 10.0. The summed E-state index contributed by atoms with van der Waals surface area (Å²) in [5, 5.41) is 0. The quantitative estimate of drug-likeness (QED) is 0.719. The van der Waals surface area contributed by atoms with Gasteiger partial charge in [-0.25, -0.2) is 0 Å². The fourth-order valence-corrected chi connectivity index (χ4v) is 1.87. The zero-order chi connectivity index (χ0) is 15.8. The Labute approximate surface area is 123 Å². The minimum absolute atomic E-state index is 0.0733. The standard InChI is InChI=1S/C15H20O6/c1-5-20-15(17)9-14(21-10(2)16)12-7-6-11(18-3)8-13(12)19-4/h6-8,14H,5,9H2,1-4H3. The first-order valence-corrected chi connectivity index (χ1v) is 6.56. The van der Waals surface area contributed by atoms with Gasteiger partial charge in [0.15, 0.2) is 0 Å². The topological polar surface area (TPSA) is 71.1 Å². The molecule has 0 heterocycles. The SMILES string of the molecule is CCOC(=O)CC(OC(C)=O)c1ccc(OC)cc1OC. The number of hydrogen-bond donors (Lipinski definition) is 0. The minimum atomic E-state index is -0.762. The van der Waals surface area contributed by atoms with E-state index in [1.807, 2.05) is 0 Å². The third-order valence-corrected chi connectivity index (χ3v) is 2.75. The van der Waals surface area contributed by atoms with Crippen LogP contribution < -0.4 is 9.47 Å². The van der Waals surface area contributed by atoms with Gasteiger partial charge in [0.25, 0.3) is 0 Å². The molecule has 0 spiro atoms. The van der Waals surface area contributed by atoms with Crippen molar-refractivity contribution in [3.05, 3.63) is 23.8 Å². The number of methoxy groups -OCH3 is 2. The summed E-state index contributed by atoms with van der Waals surface area (Å²) in [5.41, 5.74) is 0.585. The molecule has 0 radical (unpaired) electrons. The van der Waals surface area contributed by atoms with E-state index in [1.165, 1.54) is 21.1 Å². The zero-order valence-corrected chi connectivity index (χ0v) is 12.7. The molecule has 6 nitrogen and oxygen atoms in total. The normalized spacial score (nSPS) is 11.4. The van der Waals surface area contributed by atoms with Gasteiger partial charge in [0.2, 0.25) is 0 Å². The summed E-state index contributed by atoms with van der Waals surface area (Å²) in [6.07, 6.45) is -0.835. The Morgan fingerprint density at radius 3 is 2.43 bits per heavy atom. The van der Waals surface area contributed by atoms with Crippen molar-refractivity contribution in [3.63, 3.8) is 0 Å². The van der Waals surface area contributed by atoms with Crippen LogP contribution in [0.4, 0.5) is 0 Å². The van der Waals surface area contributed by atoms with Crippen molar-refractivity contribution < 1.29 is 28.5 Å². The van der Waals surface area contributed by atoms with Crippen LogP contribution >= 0.6 is 0 Å². The molecule has 0 fully saturated rings. The fraction of sp³-hybridized carbons (Fsp3) is 0.467. The molecule has 0 aromatic heterocycles. The summed E-state index contributed by atoms with van der Waals surface area (Å²) in [5.74, 6) is 0.155. The van der Waals surface area contributed by atoms with E-state index in [1.54, 1.807) is 25.1 Å². The largest absolute Gasteiger partial charge is 0.497 e. The van der Waals surface area contributed by atoms with Crippen molar-refractivity contribution in [1.29, 1.82) is 0 Å². The molecule has 0 saturated carbocycles. The highest BCUT2D eigenvalue weighted by Gasteiger charge is 2.23. The maximum atomic E-state index is 11.7. The molecule has 0 aliphatic rings. The average molecular weight is 296 g/mol. The van der Waals surface area contributed by atoms with Gasteiger partial charge >= 0.3 is 11.9 Å². The van der Waals surface area contributed by atoms with E-state index >= 15 is 0 Å². The van der Waals surface area contributed by atoms with Gasteiger partial charge in [-0.15, -0.1) is 0 Å². The molecule has 0 aliphatic heterocycles. The highest BCUT2D eigenvalue weighted by Crippen LogP contribution is 2.33. The number of esters is 2. The second-order valence-electron chi connectivity index (χ2n) is 4.22. The van der Waals surface area contributed by atoms with Gasteiger partial charge in [0.1, 0.15) is 17.6 Å². The minimum Gasteiger partial charge on any atom is -0.497 e. The van der Waals surface area contributed by atoms with Gasteiger partial charge in [-0.2, -0.15) is 0 Å². The summed E-state index contributed by atoms with van der Waals surface area (Å²) >= 11 is 0. The van der Waals surface area contributed by atoms with Crippen LogP contribution in [0, 0.1) is 0 Å². The maximum absolute atomic E-state index is 11.7. The number of rotatable bonds is 7. The lowest BCUT2D eigenvalue weighted by Crippen LogP contribution is -2.16. The second kappa shape index (κ2) is 8.14. The Bertz CT molecular complexity index is 497. The van der Waals surface area contributed by atoms with E-state index in [0.717, 1.165) is 0 Å². The summed E-state index contributed by atoms with van der Waals surface area (Å²) in [6, 6.07) is 5.07. The zero-order valence-electron chi connectivity index (χ0n) is 12.7. The average Bonchev–Trinajstić information content (AvgIpc) is 2.45. The third-order valence-electron chi connectivity index (χ3n) is 2.75. The summed E-state index contributed by atoms with van der Waals surface area (Å²) < 4.78 is 20.5. The highest BCUT2D eigenvalue weighted by atomic mass is 16.6. The van der Waals surface area contributed by atoms with Gasteiger partial charge in [0, 0.05) is 18.6 Å². The number of benzene rings is 1. The van der Waals surface area contributed by atoms with E-state index in [2.05, 4.69) is 0 Å². The molecule has 1 unspecified atom stereocenters. The molecule has 21 heavy (non-hydrogen) atoms. The van der Waals surface area contributed by atoms with Crippen molar-refractivity contribution in [1.82, 2.24) is 0 Å². The Morgan fingerprint density at radius 2 is 1.90 bits per heavy atom. The molecule has 6 heteroatoms. The number of carbonyl (C=O) groups excluding carboxylic acids is 2. The number of ether oxygens (including phenoxy) is 4. The Morgan fingerprint density at radius 1 is 1.19 bits per heavy atom. The molecule has 0 aliphatic carbocycles. The lowest BCUT2D eigenvalue weighted by molar-refractivity contribution is -0.153. The lowest BCUT2D eigenvalue weighted by Gasteiger charge is -2.19. The molecule has 0 bridgehead atoms. The molecule has 1 rings (SSSR count). The van der Waals surface area contributed by atoms with E-state index in [-0.39, 0.29) is 13.0 Å². The third kappa shape index (κ3) is 4.98. The van der Waals surface area contributed by atoms with Crippen molar-refractivity contribution in [2.24, 2.45) is 0 Å². The molecule has 1 aromatic rings. The van der Waals surface area contributed by atoms with E-state index in [4.69, 9.17) is 18.9 Å². The molecule has 0 N–H and O–H groups in total. The van der Waals surface area contributed by atoms with Crippen LogP contribution in [0.25, 0.3) is 0 Å². The van der Waals surface area contributed by atoms with E-state index < -0.39 is 18.0 Å². The molecule has 1 atom stereocenters. The van der Waals surface area contributed by atoms with Crippen molar-refractivity contribution >= 4 is 11.9 Å². The van der Waals surface area contributed by atoms with Crippen LogP contribution in [0.1, 0.15) is 31.9 Å². The van der Waals surface area contributed by atoms with Crippen molar-refractivity contribution in [2.45, 2.75) is 26.4 Å². The number of hydrogen-bond acceptors (Lipinski definition) is 6. The fourth-order valence-electron chi connectivity index (χ4n) is 1.87. The van der Waals surface area contributed by atoms with Crippen LogP contribution in [0.2, 0.25) is 0 Å². The van der Waals surface area contributed by atoms with Gasteiger partial charge in [-0.1, -0.05) is 0 Å². The summed E-state index contributed by atoms with van der Waals surface area (Å²) in [4.78, 5) is 22.9. The van der Waals surface area contributed by atoms with Crippen LogP contribution in [0.15, 0.2) is 18.2 Å². The van der Waals surface area contributed by atoms with Crippen LogP contribution in [0.3, 0.4) is 0 Å². The highest BCUT2D eigenvalue weighted by molar-refractivity contribution is 5.72.